The van der Waals surface area contributed by atoms with Crippen LogP contribution in [0, 0.1) is 17.0 Å². The Kier molecular flexibility index (Phi) is 4.94. The van der Waals surface area contributed by atoms with Crippen molar-refractivity contribution in [3.8, 4) is 16.3 Å². The molecule has 134 valence electrons. The molecule has 0 saturated heterocycles. The third kappa shape index (κ3) is 3.85. The number of nitrogens with zero attached hydrogens (tertiary/aromatic N) is 2. The Morgan fingerprint density at radius 1 is 1.19 bits per heavy atom. The number of halogens is 1. The van der Waals surface area contributed by atoms with Gasteiger partial charge in [-0.3, -0.25) is 10.1 Å². The maximum absolute atomic E-state index is 12.4. The molecule has 0 aliphatic heterocycles. The Balaban J connectivity index is 1.91. The van der Waals surface area contributed by atoms with Gasteiger partial charge in [-0.25, -0.2) is 4.98 Å². The topological polar surface area (TPSA) is 99.4 Å². The summed E-state index contributed by atoms with van der Waals surface area (Å²) in [7, 11) is -4.42. The number of aryl methyl sites for hydroxylation is 1. The summed E-state index contributed by atoms with van der Waals surface area (Å²) in [5, 5.41) is 13.8. The fraction of sp³-hybridized carbons (Fsp3) is 0.0625. The molecule has 26 heavy (non-hydrogen) atoms. The lowest BCUT2D eigenvalue weighted by atomic mass is 10.2. The highest BCUT2D eigenvalue weighted by Crippen LogP contribution is 2.31. The number of benzene rings is 2. The molecule has 3 rings (SSSR count). The number of hydrogen-bond donors (Lipinski definition) is 0. The van der Waals surface area contributed by atoms with Gasteiger partial charge in [0.05, 0.1) is 4.92 Å². The van der Waals surface area contributed by atoms with Crippen LogP contribution in [-0.2, 0) is 10.1 Å². The fourth-order valence-electron chi connectivity index (χ4n) is 2.15. The number of aromatic nitrogens is 1. The van der Waals surface area contributed by atoms with Gasteiger partial charge in [0.1, 0.15) is 10.8 Å². The molecular weight excluding hydrogens is 400 g/mol. The van der Waals surface area contributed by atoms with Gasteiger partial charge >= 0.3 is 10.1 Å². The van der Waals surface area contributed by atoms with Crippen molar-refractivity contribution in [1.29, 1.82) is 0 Å². The molecule has 3 aromatic rings. The summed E-state index contributed by atoms with van der Waals surface area (Å²) >= 11 is 7.24. The van der Waals surface area contributed by atoms with Crippen molar-refractivity contribution in [3.63, 3.8) is 0 Å². The van der Waals surface area contributed by atoms with Crippen LogP contribution in [0.25, 0.3) is 10.6 Å². The Hall–Kier alpha value is -2.49. The Morgan fingerprint density at radius 2 is 1.88 bits per heavy atom. The number of rotatable bonds is 5. The van der Waals surface area contributed by atoms with Gasteiger partial charge in [-0.05, 0) is 43.3 Å². The predicted molar refractivity (Wildman–Crippen MR) is 98.2 cm³/mol. The molecule has 1 heterocycles. The SMILES string of the molecule is Cc1csc(-c2ccc(OS(=O)(=O)c3cc(Cl)ccc3[N+](=O)[O-])cc2)n1. The van der Waals surface area contributed by atoms with Gasteiger partial charge in [-0.2, -0.15) is 8.42 Å². The monoisotopic (exact) mass is 410 g/mol. The maximum atomic E-state index is 12.4. The highest BCUT2D eigenvalue weighted by atomic mass is 35.5. The van der Waals surface area contributed by atoms with Gasteiger partial charge in [-0.15, -0.1) is 11.3 Å². The standard InChI is InChI=1S/C16H11ClN2O5S2/c1-10-9-25-16(18-10)11-2-5-13(6-3-11)24-26(22,23)15-8-12(17)4-7-14(15)19(20)21/h2-9H,1H3. The summed E-state index contributed by atoms with van der Waals surface area (Å²) in [6, 6.07) is 9.49. The van der Waals surface area contributed by atoms with E-state index in [1.165, 1.54) is 29.5 Å². The molecule has 0 bridgehead atoms. The van der Waals surface area contributed by atoms with Crippen LogP contribution in [0.4, 0.5) is 5.69 Å². The molecule has 2 aromatic carbocycles. The first kappa shape index (κ1) is 18.3. The van der Waals surface area contributed by atoms with E-state index in [9.17, 15) is 18.5 Å². The van der Waals surface area contributed by atoms with Crippen molar-refractivity contribution in [1.82, 2.24) is 4.98 Å². The molecular formula is C16H11ClN2O5S2. The molecule has 0 fully saturated rings. The van der Waals surface area contributed by atoms with Crippen molar-refractivity contribution < 1.29 is 17.5 Å². The van der Waals surface area contributed by atoms with Gasteiger partial charge in [0.25, 0.3) is 5.69 Å². The molecule has 0 amide bonds. The summed E-state index contributed by atoms with van der Waals surface area (Å²) in [5.74, 6) is 0.0244. The first-order valence-electron chi connectivity index (χ1n) is 7.17. The maximum Gasteiger partial charge on any atom is 0.346 e. The van der Waals surface area contributed by atoms with Crippen LogP contribution in [0.1, 0.15) is 5.69 Å². The van der Waals surface area contributed by atoms with Crippen LogP contribution >= 0.6 is 22.9 Å². The first-order chi connectivity index (χ1) is 12.3. The van der Waals surface area contributed by atoms with Crippen molar-refractivity contribution in [2.75, 3.05) is 0 Å². The second-order valence-electron chi connectivity index (χ2n) is 5.23. The Bertz CT molecular complexity index is 1080. The van der Waals surface area contributed by atoms with E-state index in [4.69, 9.17) is 15.8 Å². The number of thiazole rings is 1. The van der Waals surface area contributed by atoms with E-state index in [1.807, 2.05) is 12.3 Å². The molecule has 0 spiro atoms. The minimum Gasteiger partial charge on any atom is -0.379 e. The lowest BCUT2D eigenvalue weighted by Gasteiger charge is -2.08. The minimum absolute atomic E-state index is 0.0244. The first-order valence-corrected chi connectivity index (χ1v) is 9.84. The van der Waals surface area contributed by atoms with Crippen molar-refractivity contribution in [3.05, 3.63) is 68.7 Å². The van der Waals surface area contributed by atoms with Crippen LogP contribution in [0.5, 0.6) is 5.75 Å². The van der Waals surface area contributed by atoms with Crippen LogP contribution in [0.3, 0.4) is 0 Å². The summed E-state index contributed by atoms with van der Waals surface area (Å²) in [5.41, 5.74) is 1.09. The predicted octanol–water partition coefficient (Wildman–Crippen LogP) is 4.45. The highest BCUT2D eigenvalue weighted by molar-refractivity contribution is 7.87. The molecule has 7 nitrogen and oxygen atoms in total. The van der Waals surface area contributed by atoms with E-state index < -0.39 is 25.6 Å². The van der Waals surface area contributed by atoms with E-state index in [0.29, 0.717) is 0 Å². The molecule has 10 heteroatoms. The van der Waals surface area contributed by atoms with Crippen LogP contribution in [-0.4, -0.2) is 18.3 Å². The zero-order chi connectivity index (χ0) is 18.9. The number of nitro benzene ring substituents is 1. The van der Waals surface area contributed by atoms with Crippen LogP contribution in [0.2, 0.25) is 5.02 Å². The van der Waals surface area contributed by atoms with Crippen LogP contribution < -0.4 is 4.18 Å². The normalized spacial score (nSPS) is 11.3. The fourth-order valence-corrected chi connectivity index (χ4v) is 4.32. The molecule has 0 radical (unpaired) electrons. The van der Waals surface area contributed by atoms with Gasteiger partial charge in [0, 0.05) is 27.7 Å². The zero-order valence-corrected chi connectivity index (χ0v) is 15.6. The second kappa shape index (κ2) is 7.02. The van der Waals surface area contributed by atoms with E-state index in [1.54, 1.807) is 12.1 Å². The molecule has 0 N–H and O–H groups in total. The van der Waals surface area contributed by atoms with Crippen molar-refractivity contribution >= 4 is 38.7 Å². The minimum atomic E-state index is -4.42. The summed E-state index contributed by atoms with van der Waals surface area (Å²) in [4.78, 5) is 14.0. The molecule has 0 saturated carbocycles. The molecule has 0 aliphatic carbocycles. The van der Waals surface area contributed by atoms with Gasteiger partial charge in [-0.1, -0.05) is 11.6 Å². The average molecular weight is 411 g/mol. The van der Waals surface area contributed by atoms with E-state index in [2.05, 4.69) is 4.98 Å². The zero-order valence-electron chi connectivity index (χ0n) is 13.2. The van der Waals surface area contributed by atoms with Gasteiger partial charge < -0.3 is 4.18 Å². The molecule has 1 aromatic heterocycles. The highest BCUT2D eigenvalue weighted by Gasteiger charge is 2.28. The van der Waals surface area contributed by atoms with E-state index in [-0.39, 0.29) is 10.8 Å². The molecule has 0 atom stereocenters. The smallest absolute Gasteiger partial charge is 0.346 e. The van der Waals surface area contributed by atoms with Crippen molar-refractivity contribution in [2.24, 2.45) is 0 Å². The third-order valence-corrected chi connectivity index (χ3v) is 5.84. The third-order valence-electron chi connectivity index (χ3n) is 3.31. The largest absolute Gasteiger partial charge is 0.379 e. The molecule has 0 unspecified atom stereocenters. The van der Waals surface area contributed by atoms with Gasteiger partial charge in [0.2, 0.25) is 0 Å². The Morgan fingerprint density at radius 3 is 2.46 bits per heavy atom. The second-order valence-corrected chi connectivity index (χ2v) is 8.03. The van der Waals surface area contributed by atoms with E-state index in [0.717, 1.165) is 28.4 Å². The lowest BCUT2D eigenvalue weighted by Crippen LogP contribution is -2.12. The lowest BCUT2D eigenvalue weighted by molar-refractivity contribution is -0.387. The van der Waals surface area contributed by atoms with Gasteiger partial charge in [0.15, 0.2) is 4.90 Å². The summed E-state index contributed by atoms with van der Waals surface area (Å²) in [6.45, 7) is 1.88. The van der Waals surface area contributed by atoms with Crippen LogP contribution in [0.15, 0.2) is 52.7 Å². The summed E-state index contributed by atoms with van der Waals surface area (Å²) in [6.07, 6.45) is 0. The quantitative estimate of drug-likeness (QED) is 0.350. The number of nitro groups is 1. The van der Waals surface area contributed by atoms with Crippen molar-refractivity contribution in [2.45, 2.75) is 11.8 Å². The van der Waals surface area contributed by atoms with E-state index >= 15 is 0 Å². The summed E-state index contributed by atoms with van der Waals surface area (Å²) < 4.78 is 29.9. The average Bonchev–Trinajstić information content (AvgIpc) is 3.01. The Labute approximate surface area is 158 Å². The number of hydrogen-bond acceptors (Lipinski definition) is 7. The molecule has 0 aliphatic rings.